The Hall–Kier alpha value is -4.95. The fraction of sp³-hybridized carbons (Fsp3) is 0.0769. The normalized spacial score (nSPS) is 11.4. The van der Waals surface area contributed by atoms with Gasteiger partial charge in [-0.25, -0.2) is 4.98 Å². The minimum atomic E-state index is -0.733. The number of aliphatic hydroxyl groups is 1. The van der Waals surface area contributed by atoms with Gasteiger partial charge in [-0.1, -0.05) is 54.2 Å². The predicted molar refractivity (Wildman–Crippen MR) is 138 cm³/mol. The van der Waals surface area contributed by atoms with E-state index in [9.17, 15) is 30.1 Å². The number of nitriles is 1. The number of hydrogen-bond donors (Lipinski definition) is 2. The van der Waals surface area contributed by atoms with Crippen molar-refractivity contribution in [1.82, 2.24) is 14.9 Å². The van der Waals surface area contributed by atoms with Crippen molar-refractivity contribution in [3.8, 4) is 11.8 Å². The SMILES string of the molecule is N#CC(C(=O)NCc1ccccc1)=C(O)CSc1nc2ccccc2c(=O)n1-c1ccc([N+](=O)[O-])cc1. The molecule has 2 N–H and O–H groups in total. The number of non-ortho nitro benzene ring substituents is 1. The largest absolute Gasteiger partial charge is 0.510 e. The van der Waals surface area contributed by atoms with Crippen molar-refractivity contribution in [2.24, 2.45) is 0 Å². The van der Waals surface area contributed by atoms with Gasteiger partial charge in [-0.15, -0.1) is 0 Å². The first-order valence-electron chi connectivity index (χ1n) is 10.9. The van der Waals surface area contributed by atoms with E-state index in [-0.39, 0.29) is 23.1 Å². The Morgan fingerprint density at radius 3 is 2.43 bits per heavy atom. The number of fused-ring (bicyclic) bond motifs is 1. The third-order valence-electron chi connectivity index (χ3n) is 5.32. The molecule has 0 atom stereocenters. The molecule has 0 unspecified atom stereocenters. The Bertz CT molecular complexity index is 1610. The monoisotopic (exact) mass is 513 g/mol. The first-order valence-corrected chi connectivity index (χ1v) is 11.9. The van der Waals surface area contributed by atoms with Crippen LogP contribution in [0, 0.1) is 21.4 Å². The number of benzene rings is 3. The molecule has 0 aliphatic rings. The summed E-state index contributed by atoms with van der Waals surface area (Å²) in [6.07, 6.45) is 0. The number of hydrogen-bond acceptors (Lipinski definition) is 8. The second-order valence-corrected chi connectivity index (χ2v) is 8.66. The van der Waals surface area contributed by atoms with E-state index in [1.54, 1.807) is 30.3 Å². The van der Waals surface area contributed by atoms with Crippen molar-refractivity contribution in [2.45, 2.75) is 11.7 Å². The van der Waals surface area contributed by atoms with E-state index in [2.05, 4.69) is 10.3 Å². The zero-order valence-corrected chi connectivity index (χ0v) is 20.0. The highest BCUT2D eigenvalue weighted by Crippen LogP contribution is 2.24. The van der Waals surface area contributed by atoms with E-state index in [1.165, 1.54) is 28.8 Å². The molecular formula is C26H19N5O5S. The summed E-state index contributed by atoms with van der Waals surface area (Å²) in [5.74, 6) is -1.43. The summed E-state index contributed by atoms with van der Waals surface area (Å²) < 4.78 is 1.27. The average molecular weight is 514 g/mol. The standard InChI is InChI=1S/C26H19N5O5S/c27-14-21(24(33)28-15-17-6-2-1-3-7-17)23(32)16-37-26-29-22-9-5-4-8-20(22)25(34)30(26)18-10-12-19(13-11-18)31(35)36/h1-13,32H,15-16H2,(H,28,33). The zero-order chi connectivity index (χ0) is 26.4. The Kier molecular flexibility index (Phi) is 7.61. The van der Waals surface area contributed by atoms with E-state index in [0.717, 1.165) is 17.3 Å². The number of aliphatic hydroxyl groups excluding tert-OH is 1. The second kappa shape index (κ2) is 11.2. The van der Waals surface area contributed by atoms with Crippen molar-refractivity contribution in [2.75, 3.05) is 5.75 Å². The number of thioether (sulfide) groups is 1. The fourth-order valence-corrected chi connectivity index (χ4v) is 4.37. The van der Waals surface area contributed by atoms with Crippen LogP contribution in [-0.2, 0) is 11.3 Å². The summed E-state index contributed by atoms with van der Waals surface area (Å²) in [6.45, 7) is 0.178. The van der Waals surface area contributed by atoms with Gasteiger partial charge in [0.2, 0.25) is 0 Å². The molecular weight excluding hydrogens is 494 g/mol. The molecule has 4 aromatic rings. The molecule has 0 aliphatic carbocycles. The number of nitro benzene ring substituents is 1. The van der Waals surface area contributed by atoms with E-state index in [1.807, 2.05) is 30.3 Å². The highest BCUT2D eigenvalue weighted by Gasteiger charge is 2.18. The molecule has 0 aliphatic heterocycles. The Morgan fingerprint density at radius 1 is 1.08 bits per heavy atom. The van der Waals surface area contributed by atoms with Crippen molar-refractivity contribution < 1.29 is 14.8 Å². The van der Waals surface area contributed by atoms with Crippen molar-refractivity contribution >= 4 is 34.3 Å². The lowest BCUT2D eigenvalue weighted by atomic mass is 10.2. The average Bonchev–Trinajstić information content (AvgIpc) is 2.92. The van der Waals surface area contributed by atoms with Gasteiger partial charge in [0.1, 0.15) is 11.8 Å². The van der Waals surface area contributed by atoms with Gasteiger partial charge in [0.15, 0.2) is 10.7 Å². The molecule has 37 heavy (non-hydrogen) atoms. The first-order chi connectivity index (χ1) is 17.9. The van der Waals surface area contributed by atoms with Crippen LogP contribution >= 0.6 is 11.8 Å². The van der Waals surface area contributed by atoms with Gasteiger partial charge in [-0.3, -0.25) is 24.3 Å². The Balaban J connectivity index is 1.64. The number of carbonyl (C=O) groups excluding carboxylic acids is 1. The number of carbonyl (C=O) groups is 1. The highest BCUT2D eigenvalue weighted by atomic mass is 32.2. The van der Waals surface area contributed by atoms with E-state index >= 15 is 0 Å². The van der Waals surface area contributed by atoms with Crippen LogP contribution in [-0.4, -0.2) is 31.2 Å². The summed E-state index contributed by atoms with van der Waals surface area (Å²) in [5.41, 5.74) is 0.577. The fourth-order valence-electron chi connectivity index (χ4n) is 3.48. The molecule has 0 bridgehead atoms. The maximum absolute atomic E-state index is 13.3. The summed E-state index contributed by atoms with van der Waals surface area (Å²) in [5, 5.41) is 34.2. The van der Waals surface area contributed by atoms with Gasteiger partial charge in [0.25, 0.3) is 17.2 Å². The molecule has 0 saturated carbocycles. The van der Waals surface area contributed by atoms with Gasteiger partial charge < -0.3 is 10.4 Å². The van der Waals surface area contributed by atoms with Gasteiger partial charge in [-0.2, -0.15) is 5.26 Å². The topological polar surface area (TPSA) is 151 Å². The molecule has 0 saturated heterocycles. The molecule has 4 rings (SSSR count). The minimum Gasteiger partial charge on any atom is -0.510 e. The third kappa shape index (κ3) is 5.66. The van der Waals surface area contributed by atoms with Crippen LogP contribution in [0.2, 0.25) is 0 Å². The number of nitro groups is 1. The van der Waals surface area contributed by atoms with Gasteiger partial charge in [0.05, 0.1) is 27.3 Å². The third-order valence-corrected chi connectivity index (χ3v) is 6.27. The van der Waals surface area contributed by atoms with Crippen LogP contribution in [0.1, 0.15) is 5.56 Å². The molecule has 1 aromatic heterocycles. The summed E-state index contributed by atoms with van der Waals surface area (Å²) in [6, 6.07) is 22.9. The predicted octanol–water partition coefficient (Wildman–Crippen LogP) is 4.04. The lowest BCUT2D eigenvalue weighted by Crippen LogP contribution is -2.25. The molecule has 0 fully saturated rings. The van der Waals surface area contributed by atoms with E-state index in [0.29, 0.717) is 16.6 Å². The highest BCUT2D eigenvalue weighted by molar-refractivity contribution is 7.99. The van der Waals surface area contributed by atoms with Crippen LogP contribution in [0.15, 0.2) is 100 Å². The lowest BCUT2D eigenvalue weighted by Gasteiger charge is -2.13. The number of rotatable bonds is 8. The molecule has 0 radical (unpaired) electrons. The van der Waals surface area contributed by atoms with E-state index in [4.69, 9.17) is 0 Å². The maximum atomic E-state index is 13.3. The number of para-hydroxylation sites is 1. The maximum Gasteiger partial charge on any atom is 0.269 e. The molecule has 1 heterocycles. The van der Waals surface area contributed by atoms with Gasteiger partial charge in [0, 0.05) is 18.7 Å². The molecule has 0 spiro atoms. The van der Waals surface area contributed by atoms with Crippen LogP contribution in [0.4, 0.5) is 5.69 Å². The van der Waals surface area contributed by atoms with Gasteiger partial charge >= 0.3 is 0 Å². The van der Waals surface area contributed by atoms with Crippen LogP contribution in [0.3, 0.4) is 0 Å². The quantitative estimate of drug-likeness (QED) is 0.0681. The van der Waals surface area contributed by atoms with Crippen LogP contribution < -0.4 is 10.9 Å². The van der Waals surface area contributed by atoms with Crippen molar-refractivity contribution in [3.63, 3.8) is 0 Å². The summed E-state index contributed by atoms with van der Waals surface area (Å²) in [7, 11) is 0. The smallest absolute Gasteiger partial charge is 0.269 e. The number of aromatic nitrogens is 2. The van der Waals surface area contributed by atoms with Crippen molar-refractivity contribution in [1.29, 1.82) is 5.26 Å². The van der Waals surface area contributed by atoms with Crippen LogP contribution in [0.5, 0.6) is 0 Å². The number of nitrogens with zero attached hydrogens (tertiary/aromatic N) is 4. The summed E-state index contributed by atoms with van der Waals surface area (Å²) in [4.78, 5) is 40.8. The number of nitrogens with one attached hydrogen (secondary N) is 1. The second-order valence-electron chi connectivity index (χ2n) is 7.72. The number of amides is 1. The van der Waals surface area contributed by atoms with Crippen molar-refractivity contribution in [3.05, 3.63) is 116 Å². The van der Waals surface area contributed by atoms with Gasteiger partial charge in [-0.05, 0) is 29.8 Å². The molecule has 184 valence electrons. The molecule has 11 heteroatoms. The Morgan fingerprint density at radius 2 is 1.76 bits per heavy atom. The zero-order valence-electron chi connectivity index (χ0n) is 19.2. The summed E-state index contributed by atoms with van der Waals surface area (Å²) >= 11 is 0.944. The van der Waals surface area contributed by atoms with E-state index < -0.39 is 27.7 Å². The molecule has 3 aromatic carbocycles. The first kappa shape index (κ1) is 25.2. The minimum absolute atomic E-state index is 0.138. The lowest BCUT2D eigenvalue weighted by molar-refractivity contribution is -0.384. The molecule has 1 amide bonds. The Labute approximate surface area is 214 Å². The molecule has 10 nitrogen and oxygen atoms in total. The van der Waals surface area contributed by atoms with Crippen LogP contribution in [0.25, 0.3) is 16.6 Å².